The van der Waals surface area contributed by atoms with E-state index in [2.05, 4.69) is 4.98 Å². The molecule has 1 aliphatic rings. The molecule has 1 fully saturated rings. The monoisotopic (exact) mass is 468 g/mol. The Morgan fingerprint density at radius 1 is 1.16 bits per heavy atom. The molecule has 0 radical (unpaired) electrons. The SMILES string of the molecule is CCOc1ccc(C2(Oc3ccc(C(=O)NS(=O)(=O)C(C)(C)C)c(F)c3F)CCC2)nc1. The van der Waals surface area contributed by atoms with Gasteiger partial charge in [0, 0.05) is 0 Å². The highest BCUT2D eigenvalue weighted by Crippen LogP contribution is 2.45. The molecule has 1 aromatic carbocycles. The van der Waals surface area contributed by atoms with Gasteiger partial charge in [0.25, 0.3) is 5.91 Å². The summed E-state index contributed by atoms with van der Waals surface area (Å²) in [6.45, 7) is 6.48. The highest BCUT2D eigenvalue weighted by molar-refractivity contribution is 7.91. The van der Waals surface area contributed by atoms with Gasteiger partial charge in [0.15, 0.2) is 17.2 Å². The van der Waals surface area contributed by atoms with Crippen LogP contribution in [0.5, 0.6) is 11.5 Å². The van der Waals surface area contributed by atoms with E-state index in [-0.39, 0.29) is 5.75 Å². The van der Waals surface area contributed by atoms with Crippen LogP contribution in [0.3, 0.4) is 0 Å². The van der Waals surface area contributed by atoms with E-state index in [1.807, 2.05) is 6.92 Å². The summed E-state index contributed by atoms with van der Waals surface area (Å²) >= 11 is 0. The molecular weight excluding hydrogens is 442 g/mol. The smallest absolute Gasteiger partial charge is 0.267 e. The van der Waals surface area contributed by atoms with Crippen LogP contribution in [0, 0.1) is 11.6 Å². The molecule has 10 heteroatoms. The number of nitrogens with one attached hydrogen (secondary N) is 1. The molecule has 0 spiro atoms. The number of benzene rings is 1. The second-order valence-corrected chi connectivity index (χ2v) is 11.0. The van der Waals surface area contributed by atoms with E-state index in [9.17, 15) is 22.0 Å². The number of rotatable bonds is 7. The van der Waals surface area contributed by atoms with Crippen LogP contribution >= 0.6 is 0 Å². The Labute approximate surface area is 186 Å². The second-order valence-electron chi connectivity index (χ2n) is 8.55. The van der Waals surface area contributed by atoms with E-state index < -0.39 is 43.5 Å². The van der Waals surface area contributed by atoms with Crippen molar-refractivity contribution in [1.82, 2.24) is 9.71 Å². The lowest BCUT2D eigenvalue weighted by atomic mass is 9.77. The van der Waals surface area contributed by atoms with E-state index in [1.165, 1.54) is 20.8 Å². The van der Waals surface area contributed by atoms with Crippen LogP contribution in [-0.2, 0) is 15.6 Å². The summed E-state index contributed by atoms with van der Waals surface area (Å²) in [7, 11) is -4.09. The zero-order chi connectivity index (χ0) is 23.7. The van der Waals surface area contributed by atoms with E-state index >= 15 is 0 Å². The summed E-state index contributed by atoms with van der Waals surface area (Å²) in [6.07, 6.45) is 3.48. The average Bonchev–Trinajstić information content (AvgIpc) is 2.67. The van der Waals surface area contributed by atoms with E-state index in [0.29, 0.717) is 30.9 Å². The molecule has 0 saturated heterocycles. The zero-order valence-electron chi connectivity index (χ0n) is 18.4. The Balaban J connectivity index is 1.85. The van der Waals surface area contributed by atoms with Crippen LogP contribution < -0.4 is 14.2 Å². The molecule has 1 aromatic heterocycles. The molecule has 1 amide bonds. The molecule has 3 rings (SSSR count). The van der Waals surface area contributed by atoms with E-state index in [4.69, 9.17) is 9.47 Å². The first-order valence-corrected chi connectivity index (χ1v) is 11.7. The molecule has 32 heavy (non-hydrogen) atoms. The summed E-state index contributed by atoms with van der Waals surface area (Å²) in [4.78, 5) is 16.6. The Bertz CT molecular complexity index is 1110. The van der Waals surface area contributed by atoms with Crippen molar-refractivity contribution in [2.45, 2.75) is 57.3 Å². The summed E-state index contributed by atoms with van der Waals surface area (Å²) in [5.41, 5.74) is -1.09. The fourth-order valence-corrected chi connectivity index (χ4v) is 3.80. The lowest BCUT2D eigenvalue weighted by molar-refractivity contribution is -0.0197. The largest absolute Gasteiger partial charge is 0.492 e. The van der Waals surface area contributed by atoms with Crippen LogP contribution in [0.4, 0.5) is 8.78 Å². The first kappa shape index (κ1) is 23.9. The van der Waals surface area contributed by atoms with Crippen molar-refractivity contribution in [1.29, 1.82) is 0 Å². The zero-order valence-corrected chi connectivity index (χ0v) is 19.2. The molecule has 1 heterocycles. The number of ether oxygens (including phenoxy) is 2. The summed E-state index contributed by atoms with van der Waals surface area (Å²) < 4.78 is 65.5. The third kappa shape index (κ3) is 4.55. The number of carbonyl (C=O) groups is 1. The quantitative estimate of drug-likeness (QED) is 0.658. The summed E-state index contributed by atoms with van der Waals surface area (Å²) in [5.74, 6) is -3.91. The Kier molecular flexibility index (Phi) is 6.46. The molecule has 0 unspecified atom stereocenters. The number of nitrogens with zero attached hydrogens (tertiary/aromatic N) is 1. The summed E-state index contributed by atoms with van der Waals surface area (Å²) in [6, 6.07) is 5.57. The van der Waals surface area contributed by atoms with Crippen LogP contribution in [0.2, 0.25) is 0 Å². The van der Waals surface area contributed by atoms with E-state index in [0.717, 1.165) is 18.6 Å². The van der Waals surface area contributed by atoms with Crippen LogP contribution in [0.25, 0.3) is 0 Å². The molecular formula is C22H26F2N2O5S. The minimum absolute atomic E-state index is 0.381. The van der Waals surface area contributed by atoms with Gasteiger partial charge in [0.1, 0.15) is 5.75 Å². The minimum atomic E-state index is -4.09. The van der Waals surface area contributed by atoms with Gasteiger partial charge >= 0.3 is 0 Å². The van der Waals surface area contributed by atoms with Gasteiger partial charge in [0.2, 0.25) is 15.8 Å². The van der Waals surface area contributed by atoms with Crippen molar-refractivity contribution in [3.05, 3.63) is 53.4 Å². The highest BCUT2D eigenvalue weighted by Gasteiger charge is 2.43. The highest BCUT2D eigenvalue weighted by atomic mass is 32.2. The Morgan fingerprint density at radius 2 is 1.84 bits per heavy atom. The maximum atomic E-state index is 14.8. The molecule has 1 saturated carbocycles. The standard InChI is InChI=1S/C22H26F2N2O5S/c1-5-30-14-7-10-17(25-13-14)22(11-6-12-22)31-16-9-8-15(18(23)19(16)24)20(27)26-32(28,29)21(2,3)4/h7-10,13H,5-6,11-12H2,1-4H3,(H,26,27). The molecule has 1 aliphatic carbocycles. The molecule has 174 valence electrons. The van der Waals surface area contributed by atoms with Gasteiger partial charge in [-0.2, -0.15) is 4.39 Å². The van der Waals surface area contributed by atoms with Crippen molar-refractivity contribution in [3.8, 4) is 11.5 Å². The fourth-order valence-electron chi connectivity index (χ4n) is 3.14. The van der Waals surface area contributed by atoms with Crippen LogP contribution in [0.15, 0.2) is 30.5 Å². The van der Waals surface area contributed by atoms with Gasteiger partial charge in [-0.25, -0.2) is 17.5 Å². The number of hydrogen-bond acceptors (Lipinski definition) is 6. The molecule has 1 N–H and O–H groups in total. The third-order valence-corrected chi connectivity index (χ3v) is 7.37. The van der Waals surface area contributed by atoms with Crippen LogP contribution in [0.1, 0.15) is 63.0 Å². The number of halogens is 2. The molecule has 7 nitrogen and oxygen atoms in total. The number of pyridine rings is 1. The molecule has 0 bridgehead atoms. The minimum Gasteiger partial charge on any atom is -0.492 e. The lowest BCUT2D eigenvalue weighted by Crippen LogP contribution is -2.43. The number of aromatic nitrogens is 1. The van der Waals surface area contributed by atoms with Crippen molar-refractivity contribution >= 4 is 15.9 Å². The number of amides is 1. The van der Waals surface area contributed by atoms with Gasteiger partial charge in [-0.3, -0.25) is 9.78 Å². The first-order valence-electron chi connectivity index (χ1n) is 10.2. The maximum Gasteiger partial charge on any atom is 0.267 e. The van der Waals surface area contributed by atoms with Gasteiger partial charge in [0.05, 0.1) is 28.8 Å². The summed E-state index contributed by atoms with van der Waals surface area (Å²) in [5, 5.41) is 0. The Hall–Kier alpha value is -2.75. The van der Waals surface area contributed by atoms with Crippen molar-refractivity contribution in [2.24, 2.45) is 0 Å². The second kappa shape index (κ2) is 8.65. The topological polar surface area (TPSA) is 94.6 Å². The first-order chi connectivity index (χ1) is 14.9. The van der Waals surface area contributed by atoms with Crippen molar-refractivity contribution in [3.63, 3.8) is 0 Å². The average molecular weight is 469 g/mol. The third-order valence-electron chi connectivity index (χ3n) is 5.31. The van der Waals surface area contributed by atoms with E-state index in [1.54, 1.807) is 23.1 Å². The fraction of sp³-hybridized carbons (Fsp3) is 0.455. The van der Waals surface area contributed by atoms with Gasteiger partial charge in [-0.15, -0.1) is 0 Å². The van der Waals surface area contributed by atoms with Crippen LogP contribution in [-0.4, -0.2) is 30.7 Å². The number of carbonyl (C=O) groups excluding carboxylic acids is 1. The van der Waals surface area contributed by atoms with Gasteiger partial charge in [-0.1, -0.05) is 0 Å². The molecule has 0 atom stereocenters. The van der Waals surface area contributed by atoms with Crippen molar-refractivity contribution in [2.75, 3.05) is 6.61 Å². The predicted molar refractivity (Wildman–Crippen MR) is 114 cm³/mol. The van der Waals surface area contributed by atoms with Gasteiger partial charge in [-0.05, 0) is 71.2 Å². The maximum absolute atomic E-state index is 14.8. The van der Waals surface area contributed by atoms with Gasteiger partial charge < -0.3 is 9.47 Å². The number of hydrogen-bond donors (Lipinski definition) is 1. The Morgan fingerprint density at radius 3 is 2.34 bits per heavy atom. The lowest BCUT2D eigenvalue weighted by Gasteiger charge is -2.41. The normalized spacial score (nSPS) is 15.6. The number of sulfonamides is 1. The van der Waals surface area contributed by atoms with Crippen molar-refractivity contribution < 1.29 is 31.5 Å². The molecule has 0 aliphatic heterocycles. The predicted octanol–water partition coefficient (Wildman–Crippen LogP) is 4.07. The molecule has 2 aromatic rings.